The predicted molar refractivity (Wildman–Crippen MR) is 68.8 cm³/mol. The molecule has 3 rings (SSSR count). The van der Waals surface area contributed by atoms with Crippen LogP contribution in [0.5, 0.6) is 0 Å². The van der Waals surface area contributed by atoms with Gasteiger partial charge in [0.1, 0.15) is 0 Å². The van der Waals surface area contributed by atoms with Gasteiger partial charge in [0.05, 0.1) is 6.10 Å². The van der Waals surface area contributed by atoms with Crippen molar-refractivity contribution in [2.24, 2.45) is 0 Å². The van der Waals surface area contributed by atoms with Gasteiger partial charge in [-0.2, -0.15) is 0 Å². The Morgan fingerprint density at radius 2 is 1.68 bits per heavy atom. The Labute approximate surface area is 111 Å². The topological polar surface area (TPSA) is 69.6 Å². The standard InChI is InChI=1S/C14H16N2O3/c17-12-7-16(8-12)14(19)10-3-1-9(2-4-10)13(18)15-11-5-6-11/h1-4,11-12,17H,5-8H2,(H,15,18). The Hall–Kier alpha value is -1.88. The number of nitrogens with zero attached hydrogens (tertiary/aromatic N) is 1. The Bertz CT molecular complexity index is 502. The number of benzene rings is 1. The summed E-state index contributed by atoms with van der Waals surface area (Å²) in [6, 6.07) is 6.99. The molecule has 2 N–H and O–H groups in total. The quantitative estimate of drug-likeness (QED) is 0.826. The zero-order valence-electron chi connectivity index (χ0n) is 10.5. The van der Waals surface area contributed by atoms with Gasteiger partial charge in [0.25, 0.3) is 11.8 Å². The minimum atomic E-state index is -0.396. The van der Waals surface area contributed by atoms with Crippen LogP contribution < -0.4 is 5.32 Å². The van der Waals surface area contributed by atoms with E-state index in [0.29, 0.717) is 30.3 Å². The summed E-state index contributed by atoms with van der Waals surface area (Å²) in [7, 11) is 0. The molecule has 2 aliphatic rings. The lowest BCUT2D eigenvalue weighted by Crippen LogP contribution is -2.53. The molecule has 0 radical (unpaired) electrons. The van der Waals surface area contributed by atoms with Crippen molar-refractivity contribution in [2.45, 2.75) is 25.0 Å². The van der Waals surface area contributed by atoms with Crippen LogP contribution in [0.25, 0.3) is 0 Å². The fourth-order valence-corrected chi connectivity index (χ4v) is 2.06. The highest BCUT2D eigenvalue weighted by Crippen LogP contribution is 2.19. The van der Waals surface area contributed by atoms with Crippen LogP contribution >= 0.6 is 0 Å². The molecule has 1 aliphatic carbocycles. The van der Waals surface area contributed by atoms with Crippen LogP contribution in [0.15, 0.2) is 24.3 Å². The number of carbonyl (C=O) groups is 2. The molecule has 0 aromatic heterocycles. The van der Waals surface area contributed by atoms with Gasteiger partial charge in [0, 0.05) is 30.3 Å². The van der Waals surface area contributed by atoms with E-state index in [2.05, 4.69) is 5.32 Å². The maximum atomic E-state index is 12.0. The van der Waals surface area contributed by atoms with Crippen LogP contribution in [0.3, 0.4) is 0 Å². The largest absolute Gasteiger partial charge is 0.389 e. The number of β-amino-alcohol motifs (C(OH)–C–C–N with tert-alkyl or cyclic N) is 1. The second-order valence-corrected chi connectivity index (χ2v) is 5.19. The molecular formula is C14H16N2O3. The Balaban J connectivity index is 1.64. The first-order valence-corrected chi connectivity index (χ1v) is 6.52. The Morgan fingerprint density at radius 3 is 2.21 bits per heavy atom. The zero-order chi connectivity index (χ0) is 13.4. The zero-order valence-corrected chi connectivity index (χ0v) is 10.5. The van der Waals surface area contributed by atoms with E-state index < -0.39 is 6.10 Å². The van der Waals surface area contributed by atoms with Gasteiger partial charge >= 0.3 is 0 Å². The molecule has 5 nitrogen and oxygen atoms in total. The van der Waals surface area contributed by atoms with E-state index in [1.807, 2.05) is 0 Å². The number of hydrogen-bond donors (Lipinski definition) is 2. The number of amides is 2. The summed E-state index contributed by atoms with van der Waals surface area (Å²) in [6.45, 7) is 0.783. The highest BCUT2D eigenvalue weighted by atomic mass is 16.3. The first kappa shape index (κ1) is 12.2. The average Bonchev–Trinajstić information content (AvgIpc) is 3.18. The van der Waals surface area contributed by atoms with Crippen molar-refractivity contribution in [3.63, 3.8) is 0 Å². The van der Waals surface area contributed by atoms with Crippen molar-refractivity contribution >= 4 is 11.8 Å². The summed E-state index contributed by atoms with van der Waals surface area (Å²) >= 11 is 0. The first-order valence-electron chi connectivity index (χ1n) is 6.52. The third kappa shape index (κ3) is 2.61. The van der Waals surface area contributed by atoms with Crippen LogP contribution in [0.2, 0.25) is 0 Å². The third-order valence-corrected chi connectivity index (χ3v) is 3.46. The molecule has 2 fully saturated rings. The van der Waals surface area contributed by atoms with Gasteiger partial charge in [-0.05, 0) is 37.1 Å². The fourth-order valence-electron chi connectivity index (χ4n) is 2.06. The van der Waals surface area contributed by atoms with Crippen molar-refractivity contribution in [1.29, 1.82) is 0 Å². The molecule has 0 bridgehead atoms. The molecule has 1 saturated carbocycles. The molecule has 1 aliphatic heterocycles. The average molecular weight is 260 g/mol. The molecule has 19 heavy (non-hydrogen) atoms. The minimum Gasteiger partial charge on any atom is -0.389 e. The van der Waals surface area contributed by atoms with Crippen LogP contribution in [0, 0.1) is 0 Å². The number of rotatable bonds is 3. The molecule has 0 unspecified atom stereocenters. The summed E-state index contributed by atoms with van der Waals surface area (Å²) < 4.78 is 0. The summed E-state index contributed by atoms with van der Waals surface area (Å²) in [5.74, 6) is -0.180. The lowest BCUT2D eigenvalue weighted by molar-refractivity contribution is 0.00589. The highest BCUT2D eigenvalue weighted by Gasteiger charge is 2.29. The number of nitrogens with one attached hydrogen (secondary N) is 1. The highest BCUT2D eigenvalue weighted by molar-refractivity contribution is 5.98. The van der Waals surface area contributed by atoms with E-state index in [9.17, 15) is 14.7 Å². The number of aliphatic hydroxyl groups excluding tert-OH is 1. The molecule has 2 amide bonds. The van der Waals surface area contributed by atoms with Crippen molar-refractivity contribution in [3.05, 3.63) is 35.4 Å². The first-order chi connectivity index (χ1) is 9.13. The molecule has 100 valence electrons. The van der Waals surface area contributed by atoms with Gasteiger partial charge in [-0.15, -0.1) is 0 Å². The van der Waals surface area contributed by atoms with Crippen LogP contribution in [0.1, 0.15) is 33.6 Å². The summed E-state index contributed by atoms with van der Waals surface area (Å²) in [5.41, 5.74) is 1.13. The van der Waals surface area contributed by atoms with Gasteiger partial charge < -0.3 is 15.3 Å². The second kappa shape index (κ2) is 4.66. The molecule has 0 atom stereocenters. The van der Waals surface area contributed by atoms with Crippen molar-refractivity contribution in [2.75, 3.05) is 13.1 Å². The van der Waals surface area contributed by atoms with Crippen molar-refractivity contribution in [3.8, 4) is 0 Å². The van der Waals surface area contributed by atoms with E-state index >= 15 is 0 Å². The Morgan fingerprint density at radius 1 is 1.11 bits per heavy atom. The van der Waals surface area contributed by atoms with Crippen LogP contribution in [0.4, 0.5) is 0 Å². The molecule has 1 aromatic rings. The van der Waals surface area contributed by atoms with Gasteiger partial charge in [0.15, 0.2) is 0 Å². The van der Waals surface area contributed by atoms with E-state index in [0.717, 1.165) is 12.8 Å². The fraction of sp³-hybridized carbons (Fsp3) is 0.429. The Kier molecular flexibility index (Phi) is 2.98. The van der Waals surface area contributed by atoms with Crippen LogP contribution in [-0.2, 0) is 0 Å². The van der Waals surface area contributed by atoms with Crippen molar-refractivity contribution < 1.29 is 14.7 Å². The summed E-state index contributed by atoms with van der Waals surface area (Å²) in [6.07, 6.45) is 1.71. The normalized spacial score (nSPS) is 18.9. The third-order valence-electron chi connectivity index (χ3n) is 3.46. The number of aliphatic hydroxyl groups is 1. The van der Waals surface area contributed by atoms with E-state index in [1.165, 1.54) is 0 Å². The second-order valence-electron chi connectivity index (χ2n) is 5.19. The lowest BCUT2D eigenvalue weighted by Gasteiger charge is -2.35. The lowest BCUT2D eigenvalue weighted by atomic mass is 10.1. The van der Waals surface area contributed by atoms with Gasteiger partial charge in [0.2, 0.25) is 0 Å². The number of likely N-dealkylation sites (tertiary alicyclic amines) is 1. The van der Waals surface area contributed by atoms with Gasteiger partial charge in [-0.25, -0.2) is 0 Å². The molecule has 5 heteroatoms. The van der Waals surface area contributed by atoms with Gasteiger partial charge in [-0.3, -0.25) is 9.59 Å². The summed E-state index contributed by atoms with van der Waals surface area (Å²) in [4.78, 5) is 25.3. The smallest absolute Gasteiger partial charge is 0.254 e. The molecule has 1 aromatic carbocycles. The maximum Gasteiger partial charge on any atom is 0.254 e. The van der Waals surface area contributed by atoms with E-state index in [1.54, 1.807) is 29.2 Å². The van der Waals surface area contributed by atoms with Crippen molar-refractivity contribution in [1.82, 2.24) is 10.2 Å². The predicted octanol–water partition coefficient (Wildman–Crippen LogP) is 0.395. The van der Waals surface area contributed by atoms with E-state index in [-0.39, 0.29) is 11.8 Å². The molecule has 0 spiro atoms. The summed E-state index contributed by atoms with van der Waals surface area (Å²) in [5, 5.41) is 12.1. The molecule has 1 saturated heterocycles. The molecule has 1 heterocycles. The maximum absolute atomic E-state index is 12.0. The van der Waals surface area contributed by atoms with Crippen LogP contribution in [-0.4, -0.2) is 47.1 Å². The monoisotopic (exact) mass is 260 g/mol. The minimum absolute atomic E-state index is 0.0825. The SMILES string of the molecule is O=C(NC1CC1)c1ccc(C(=O)N2CC(O)C2)cc1. The molecular weight excluding hydrogens is 244 g/mol. The number of carbonyl (C=O) groups excluding carboxylic acids is 2. The van der Waals surface area contributed by atoms with Gasteiger partial charge in [-0.1, -0.05) is 0 Å². The number of hydrogen-bond acceptors (Lipinski definition) is 3. The van der Waals surface area contributed by atoms with E-state index in [4.69, 9.17) is 0 Å².